The normalized spacial score (nSPS) is 15.6. The predicted octanol–water partition coefficient (Wildman–Crippen LogP) is 3.52. The second-order valence-corrected chi connectivity index (χ2v) is 8.13. The number of nitrogens with one attached hydrogen (secondary N) is 1. The van der Waals surface area contributed by atoms with Gasteiger partial charge in [-0.1, -0.05) is 38.1 Å². The summed E-state index contributed by atoms with van der Waals surface area (Å²) in [5.41, 5.74) is 0.860. The molecular weight excluding hydrogens is 338 g/mol. The summed E-state index contributed by atoms with van der Waals surface area (Å²) in [7, 11) is -3.60. The zero-order valence-corrected chi connectivity index (χ0v) is 15.3. The maximum Gasteiger partial charge on any atom is 0.241 e. The predicted molar refractivity (Wildman–Crippen MR) is 96.4 cm³/mol. The third-order valence-corrected chi connectivity index (χ3v) is 5.59. The highest BCUT2D eigenvalue weighted by atomic mass is 32.2. The molecule has 25 heavy (non-hydrogen) atoms. The van der Waals surface area contributed by atoms with E-state index in [0.29, 0.717) is 24.7 Å². The number of hydrogen-bond donors (Lipinski definition) is 1. The van der Waals surface area contributed by atoms with Crippen molar-refractivity contribution in [3.63, 3.8) is 0 Å². The lowest BCUT2D eigenvalue weighted by Crippen LogP contribution is -2.31. The first-order chi connectivity index (χ1) is 12.0. The highest BCUT2D eigenvalue weighted by Gasteiger charge is 2.25. The number of benzene rings is 2. The summed E-state index contributed by atoms with van der Waals surface area (Å²) in [4.78, 5) is 0.259. The number of fused-ring (bicyclic) bond motifs is 1. The Balaban J connectivity index is 1.91. The van der Waals surface area contributed by atoms with Crippen molar-refractivity contribution in [2.45, 2.75) is 31.2 Å². The molecule has 2 aromatic carbocycles. The Bertz CT molecular complexity index is 819. The van der Waals surface area contributed by atoms with Crippen LogP contribution in [-0.4, -0.2) is 21.6 Å². The summed E-state index contributed by atoms with van der Waals surface area (Å²) in [6, 6.07) is 13.7. The van der Waals surface area contributed by atoms with E-state index >= 15 is 0 Å². The van der Waals surface area contributed by atoms with E-state index in [1.54, 1.807) is 30.3 Å². The number of rotatable bonds is 5. The van der Waals surface area contributed by atoms with E-state index in [4.69, 9.17) is 9.47 Å². The van der Waals surface area contributed by atoms with Gasteiger partial charge in [0.1, 0.15) is 0 Å². The molecule has 1 aliphatic heterocycles. The molecule has 0 aromatic heterocycles. The summed E-state index contributed by atoms with van der Waals surface area (Å²) in [6.07, 6.45) is 0.832. The van der Waals surface area contributed by atoms with Crippen molar-refractivity contribution >= 4 is 10.0 Å². The van der Waals surface area contributed by atoms with Gasteiger partial charge in [0.25, 0.3) is 0 Å². The van der Waals surface area contributed by atoms with Crippen LogP contribution in [0, 0.1) is 5.92 Å². The molecule has 6 heteroatoms. The Morgan fingerprint density at radius 1 is 0.960 bits per heavy atom. The van der Waals surface area contributed by atoms with Crippen molar-refractivity contribution in [1.29, 1.82) is 0 Å². The molecule has 1 atom stereocenters. The number of ether oxygens (including phenoxy) is 2. The van der Waals surface area contributed by atoms with Crippen LogP contribution in [0.1, 0.15) is 31.9 Å². The van der Waals surface area contributed by atoms with E-state index in [-0.39, 0.29) is 16.9 Å². The molecule has 1 aliphatic rings. The first kappa shape index (κ1) is 17.8. The molecule has 0 saturated carbocycles. The van der Waals surface area contributed by atoms with Crippen LogP contribution in [0.4, 0.5) is 0 Å². The minimum Gasteiger partial charge on any atom is -0.490 e. The molecule has 1 unspecified atom stereocenters. The zero-order chi connectivity index (χ0) is 17.9. The summed E-state index contributed by atoms with van der Waals surface area (Å²) < 4.78 is 39.6. The number of sulfonamides is 1. The van der Waals surface area contributed by atoms with Gasteiger partial charge in [-0.05, 0) is 35.7 Å². The fourth-order valence-corrected chi connectivity index (χ4v) is 4.19. The maximum atomic E-state index is 12.7. The molecule has 3 rings (SSSR count). The molecule has 134 valence electrons. The molecule has 5 nitrogen and oxygen atoms in total. The molecule has 0 bridgehead atoms. The third-order valence-electron chi connectivity index (χ3n) is 4.13. The highest BCUT2D eigenvalue weighted by molar-refractivity contribution is 7.89. The second kappa shape index (κ2) is 7.45. The van der Waals surface area contributed by atoms with Crippen molar-refractivity contribution in [1.82, 2.24) is 4.72 Å². The topological polar surface area (TPSA) is 64.6 Å². The molecule has 0 saturated heterocycles. The van der Waals surface area contributed by atoms with Crippen LogP contribution in [0.15, 0.2) is 53.4 Å². The maximum absolute atomic E-state index is 12.7. The van der Waals surface area contributed by atoms with E-state index < -0.39 is 10.0 Å². The first-order valence-corrected chi connectivity index (χ1v) is 9.92. The molecule has 1 heterocycles. The van der Waals surface area contributed by atoms with Crippen molar-refractivity contribution in [2.24, 2.45) is 5.92 Å². The lowest BCUT2D eigenvalue weighted by Gasteiger charge is -2.23. The molecule has 2 aromatic rings. The first-order valence-electron chi connectivity index (χ1n) is 8.44. The van der Waals surface area contributed by atoms with E-state index in [0.717, 1.165) is 12.0 Å². The van der Waals surface area contributed by atoms with Gasteiger partial charge in [-0.3, -0.25) is 0 Å². The van der Waals surface area contributed by atoms with Crippen LogP contribution in [0.25, 0.3) is 0 Å². The van der Waals surface area contributed by atoms with E-state index in [2.05, 4.69) is 4.72 Å². The highest BCUT2D eigenvalue weighted by Crippen LogP contribution is 2.34. The van der Waals surface area contributed by atoms with Gasteiger partial charge < -0.3 is 9.47 Å². The summed E-state index contributed by atoms with van der Waals surface area (Å²) >= 11 is 0. The molecular formula is C19H23NO4S. The van der Waals surface area contributed by atoms with Gasteiger partial charge in [0.15, 0.2) is 11.5 Å². The van der Waals surface area contributed by atoms with Crippen LogP contribution in [0.3, 0.4) is 0 Å². The Hall–Kier alpha value is -2.05. The summed E-state index contributed by atoms with van der Waals surface area (Å²) in [6.45, 7) is 5.20. The minimum atomic E-state index is -3.60. The summed E-state index contributed by atoms with van der Waals surface area (Å²) in [5, 5.41) is 0. The largest absolute Gasteiger partial charge is 0.490 e. The van der Waals surface area contributed by atoms with Gasteiger partial charge >= 0.3 is 0 Å². The zero-order valence-electron chi connectivity index (χ0n) is 14.4. The van der Waals surface area contributed by atoms with Crippen molar-refractivity contribution in [2.75, 3.05) is 13.2 Å². The monoisotopic (exact) mass is 361 g/mol. The van der Waals surface area contributed by atoms with E-state index in [1.807, 2.05) is 32.0 Å². The fourth-order valence-electron chi connectivity index (χ4n) is 2.80. The van der Waals surface area contributed by atoms with Crippen molar-refractivity contribution in [3.8, 4) is 11.5 Å². The van der Waals surface area contributed by atoms with Crippen LogP contribution >= 0.6 is 0 Å². The molecule has 0 aliphatic carbocycles. The smallest absolute Gasteiger partial charge is 0.241 e. The second-order valence-electron chi connectivity index (χ2n) is 6.41. The Morgan fingerprint density at radius 2 is 1.64 bits per heavy atom. The quantitative estimate of drug-likeness (QED) is 0.885. The lowest BCUT2D eigenvalue weighted by molar-refractivity contribution is 0.297. The van der Waals surface area contributed by atoms with Gasteiger partial charge in [0.2, 0.25) is 10.0 Å². The van der Waals surface area contributed by atoms with Gasteiger partial charge in [0, 0.05) is 12.5 Å². The Labute approximate surface area is 149 Å². The number of hydrogen-bond acceptors (Lipinski definition) is 4. The third kappa shape index (κ3) is 4.14. The summed E-state index contributed by atoms with van der Waals surface area (Å²) in [5.74, 6) is 1.44. The molecule has 1 N–H and O–H groups in total. The van der Waals surface area contributed by atoms with Gasteiger partial charge in [-0.2, -0.15) is 0 Å². The Morgan fingerprint density at radius 3 is 2.32 bits per heavy atom. The lowest BCUT2D eigenvalue weighted by atomic mass is 9.97. The van der Waals surface area contributed by atoms with Crippen molar-refractivity contribution in [3.05, 3.63) is 54.1 Å². The molecule has 0 amide bonds. The van der Waals surface area contributed by atoms with Gasteiger partial charge in [-0.15, -0.1) is 0 Å². The van der Waals surface area contributed by atoms with Crippen LogP contribution < -0.4 is 14.2 Å². The average Bonchev–Trinajstić information content (AvgIpc) is 2.85. The molecule has 0 fully saturated rings. The van der Waals surface area contributed by atoms with Crippen LogP contribution in [0.5, 0.6) is 11.5 Å². The fraction of sp³-hybridized carbons (Fsp3) is 0.368. The van der Waals surface area contributed by atoms with Gasteiger partial charge in [0.05, 0.1) is 18.1 Å². The van der Waals surface area contributed by atoms with Crippen LogP contribution in [0.2, 0.25) is 0 Å². The van der Waals surface area contributed by atoms with Crippen LogP contribution in [-0.2, 0) is 10.0 Å². The van der Waals surface area contributed by atoms with Gasteiger partial charge in [-0.25, -0.2) is 13.1 Å². The SMILES string of the molecule is CC(C)C(NS(=O)(=O)c1ccccc1)c1ccc2c(c1)OCCCO2. The standard InChI is InChI=1S/C19H23NO4S/c1-14(2)19(20-25(21,22)16-7-4-3-5-8-16)15-9-10-17-18(13-15)24-12-6-11-23-17/h3-5,7-10,13-14,19-20H,6,11-12H2,1-2H3. The minimum absolute atomic E-state index is 0.0724. The van der Waals surface area contributed by atoms with E-state index in [9.17, 15) is 8.42 Å². The average molecular weight is 361 g/mol. The molecule has 0 spiro atoms. The van der Waals surface area contributed by atoms with E-state index in [1.165, 1.54) is 0 Å². The molecule has 0 radical (unpaired) electrons. The Kier molecular flexibility index (Phi) is 5.30. The van der Waals surface area contributed by atoms with Crippen molar-refractivity contribution < 1.29 is 17.9 Å².